The molecule has 0 saturated carbocycles. The predicted octanol–water partition coefficient (Wildman–Crippen LogP) is -0.125. The van der Waals surface area contributed by atoms with E-state index in [4.69, 9.17) is 0 Å². The smallest absolute Gasteiger partial charge is 0.358 e. The number of H-pyrrole nitrogens is 2. The predicted molar refractivity (Wildman–Crippen MR) is 80.1 cm³/mol. The Morgan fingerprint density at radius 3 is 2.04 bits per heavy atom. The molecule has 0 amide bonds. The highest BCUT2D eigenvalue weighted by atomic mass is 79.9. The van der Waals surface area contributed by atoms with Crippen LogP contribution in [0.15, 0.2) is 32.3 Å². The summed E-state index contributed by atoms with van der Waals surface area (Å²) in [4.78, 5) is 42.8. The average molecular weight is 387 g/mol. The number of methoxy groups -OCH3 is 2. The van der Waals surface area contributed by atoms with E-state index in [2.05, 4.69) is 45.8 Å². The second kappa shape index (κ2) is 8.58. The molecule has 0 aliphatic carbocycles. The van der Waals surface area contributed by atoms with Crippen molar-refractivity contribution in [1.29, 1.82) is 0 Å². The molecule has 2 heterocycles. The Hall–Kier alpha value is -2.82. The van der Waals surface area contributed by atoms with Crippen LogP contribution in [-0.2, 0) is 9.47 Å². The maximum Gasteiger partial charge on any atom is 0.358 e. The molecule has 0 radical (unpaired) electrons. The fourth-order valence-electron chi connectivity index (χ4n) is 1.15. The third kappa shape index (κ3) is 5.47. The molecule has 0 spiro atoms. The Morgan fingerprint density at radius 2 is 1.57 bits per heavy atom. The van der Waals surface area contributed by atoms with Gasteiger partial charge in [-0.25, -0.2) is 19.8 Å². The van der Waals surface area contributed by atoms with E-state index in [0.717, 1.165) is 0 Å². The first kappa shape index (κ1) is 18.2. The molecule has 2 aromatic heterocycles. The lowest BCUT2D eigenvalue weighted by Gasteiger charge is -1.96. The lowest BCUT2D eigenvalue weighted by atomic mass is 10.4. The molecule has 0 saturated heterocycles. The van der Waals surface area contributed by atoms with Gasteiger partial charge in [-0.3, -0.25) is 9.59 Å². The number of nitrogens with zero attached hydrogens (tertiary/aromatic N) is 2. The van der Waals surface area contributed by atoms with Crippen LogP contribution >= 0.6 is 15.9 Å². The van der Waals surface area contributed by atoms with E-state index < -0.39 is 11.9 Å². The van der Waals surface area contributed by atoms with E-state index in [-0.39, 0.29) is 27.0 Å². The Labute approximate surface area is 137 Å². The maximum absolute atomic E-state index is 10.8. The van der Waals surface area contributed by atoms with Crippen LogP contribution < -0.4 is 11.1 Å². The summed E-state index contributed by atoms with van der Waals surface area (Å²) in [6.07, 6.45) is 0. The van der Waals surface area contributed by atoms with Crippen molar-refractivity contribution in [3.63, 3.8) is 0 Å². The molecule has 23 heavy (non-hydrogen) atoms. The van der Waals surface area contributed by atoms with Crippen molar-refractivity contribution in [3.8, 4) is 0 Å². The zero-order chi connectivity index (χ0) is 17.4. The van der Waals surface area contributed by atoms with Gasteiger partial charge in [0.25, 0.3) is 11.1 Å². The second-order valence-electron chi connectivity index (χ2n) is 3.72. The van der Waals surface area contributed by atoms with Gasteiger partial charge in [-0.05, 0) is 28.1 Å². The number of ether oxygens (including phenoxy) is 2. The van der Waals surface area contributed by atoms with Crippen LogP contribution in [-0.4, -0.2) is 46.6 Å². The Bertz CT molecular complexity index is 795. The summed E-state index contributed by atoms with van der Waals surface area (Å²) in [5, 5.41) is 11.1. The summed E-state index contributed by atoms with van der Waals surface area (Å²) in [5.74, 6) is -1.16. The topological polar surface area (TPSA) is 144 Å². The number of nitrogens with one attached hydrogen (secondary N) is 2. The number of carbonyl (C=O) groups excluding carboxylic acids is 2. The molecule has 2 N–H and O–H groups in total. The third-order valence-electron chi connectivity index (χ3n) is 2.23. The molecule has 0 fully saturated rings. The number of carbonyl (C=O) groups is 2. The molecule has 2 aromatic rings. The van der Waals surface area contributed by atoms with Gasteiger partial charge in [-0.1, -0.05) is 0 Å². The van der Waals surface area contributed by atoms with Crippen molar-refractivity contribution in [2.75, 3.05) is 14.2 Å². The number of rotatable bonds is 2. The summed E-state index contributed by atoms with van der Waals surface area (Å²) in [6.45, 7) is 0. The molecular weight excluding hydrogens is 376 g/mol. The van der Waals surface area contributed by atoms with Crippen LogP contribution in [0, 0.1) is 0 Å². The minimum atomic E-state index is -0.591. The number of hydrogen-bond acceptors (Lipinski definition) is 8. The van der Waals surface area contributed by atoms with Crippen molar-refractivity contribution in [2.24, 2.45) is 0 Å². The number of halogens is 1. The molecule has 0 atom stereocenters. The van der Waals surface area contributed by atoms with Gasteiger partial charge in [0.1, 0.15) is 0 Å². The Kier molecular flexibility index (Phi) is 6.80. The second-order valence-corrected chi connectivity index (χ2v) is 4.57. The van der Waals surface area contributed by atoms with E-state index >= 15 is 0 Å². The largest absolute Gasteiger partial charge is 0.464 e. The molecule has 0 aromatic carbocycles. The first-order chi connectivity index (χ1) is 10.9. The third-order valence-corrected chi connectivity index (χ3v) is 2.82. The molecule has 122 valence electrons. The monoisotopic (exact) mass is 386 g/mol. The lowest BCUT2D eigenvalue weighted by Crippen LogP contribution is -2.14. The van der Waals surface area contributed by atoms with Gasteiger partial charge in [-0.15, -0.1) is 0 Å². The molecular formula is C12H11BrN4O6. The average Bonchev–Trinajstić information content (AvgIpc) is 2.57. The SMILES string of the molecule is COC(=O)c1cc(Br)c(=O)[nH]n1.COC(=O)c1ccc(=O)[nH]n1. The quantitative estimate of drug-likeness (QED) is 0.679. The molecule has 11 heteroatoms. The summed E-state index contributed by atoms with van der Waals surface area (Å²) in [6, 6.07) is 3.80. The number of esters is 2. The summed E-state index contributed by atoms with van der Waals surface area (Å²) in [7, 11) is 2.48. The Balaban J connectivity index is 0.000000231. The fraction of sp³-hybridized carbons (Fsp3) is 0.167. The van der Waals surface area contributed by atoms with Crippen molar-refractivity contribution in [1.82, 2.24) is 20.4 Å². The van der Waals surface area contributed by atoms with E-state index in [9.17, 15) is 19.2 Å². The zero-order valence-corrected chi connectivity index (χ0v) is 13.5. The fourth-order valence-corrected chi connectivity index (χ4v) is 1.46. The highest BCUT2D eigenvalue weighted by molar-refractivity contribution is 9.10. The minimum absolute atomic E-state index is 0.0592. The van der Waals surface area contributed by atoms with Gasteiger partial charge in [0.05, 0.1) is 18.7 Å². The van der Waals surface area contributed by atoms with Crippen LogP contribution in [0.2, 0.25) is 0 Å². The number of aromatic nitrogens is 4. The van der Waals surface area contributed by atoms with Crippen LogP contribution in [0.5, 0.6) is 0 Å². The first-order valence-corrected chi connectivity index (χ1v) is 6.66. The Morgan fingerprint density at radius 1 is 1.00 bits per heavy atom. The van der Waals surface area contributed by atoms with Gasteiger partial charge in [0, 0.05) is 6.07 Å². The van der Waals surface area contributed by atoms with Crippen molar-refractivity contribution in [3.05, 3.63) is 54.8 Å². The summed E-state index contributed by atoms with van der Waals surface area (Å²) >= 11 is 2.95. The van der Waals surface area contributed by atoms with Crippen LogP contribution in [0.25, 0.3) is 0 Å². The van der Waals surface area contributed by atoms with E-state index in [1.807, 2.05) is 0 Å². The minimum Gasteiger partial charge on any atom is -0.464 e. The highest BCUT2D eigenvalue weighted by Gasteiger charge is 2.08. The van der Waals surface area contributed by atoms with Gasteiger partial charge >= 0.3 is 11.9 Å². The number of aromatic amines is 2. The standard InChI is InChI=1S/C6H5BrN2O3.C6H6N2O3/c1-12-6(11)4-2-3(7)5(10)9-8-4;1-11-6(10)4-2-3-5(9)8-7-4/h2H,1H3,(H,9,10);2-3H,1H3,(H,8,9). The summed E-state index contributed by atoms with van der Waals surface area (Å²) in [5.41, 5.74) is -0.587. The summed E-state index contributed by atoms with van der Waals surface area (Å²) < 4.78 is 8.99. The molecule has 0 aliphatic rings. The molecule has 2 rings (SSSR count). The maximum atomic E-state index is 10.8. The van der Waals surface area contributed by atoms with Crippen molar-refractivity contribution in [2.45, 2.75) is 0 Å². The number of hydrogen-bond donors (Lipinski definition) is 2. The van der Waals surface area contributed by atoms with Crippen molar-refractivity contribution < 1.29 is 19.1 Å². The molecule has 10 nitrogen and oxygen atoms in total. The van der Waals surface area contributed by atoms with E-state index in [0.29, 0.717) is 0 Å². The van der Waals surface area contributed by atoms with Crippen LogP contribution in [0.1, 0.15) is 21.0 Å². The van der Waals surface area contributed by atoms with E-state index in [1.165, 1.54) is 32.4 Å². The normalized spacial score (nSPS) is 9.35. The van der Waals surface area contributed by atoms with Crippen LogP contribution in [0.4, 0.5) is 0 Å². The van der Waals surface area contributed by atoms with E-state index in [1.54, 1.807) is 0 Å². The highest BCUT2D eigenvalue weighted by Crippen LogP contribution is 2.03. The van der Waals surface area contributed by atoms with Gasteiger partial charge in [0.15, 0.2) is 11.4 Å². The molecule has 0 unspecified atom stereocenters. The molecule has 0 bridgehead atoms. The van der Waals surface area contributed by atoms with Crippen LogP contribution in [0.3, 0.4) is 0 Å². The lowest BCUT2D eigenvalue weighted by molar-refractivity contribution is 0.0583. The molecule has 0 aliphatic heterocycles. The zero-order valence-electron chi connectivity index (χ0n) is 12.0. The van der Waals surface area contributed by atoms with Gasteiger partial charge in [0.2, 0.25) is 0 Å². The van der Waals surface area contributed by atoms with Gasteiger partial charge < -0.3 is 9.47 Å². The first-order valence-electron chi connectivity index (χ1n) is 5.86. The van der Waals surface area contributed by atoms with Gasteiger partial charge in [-0.2, -0.15) is 10.2 Å². The van der Waals surface area contributed by atoms with Crippen molar-refractivity contribution >= 4 is 27.9 Å².